The minimum absolute atomic E-state index is 0.0313. The van der Waals surface area contributed by atoms with Crippen LogP contribution < -0.4 is 5.32 Å². The maximum absolute atomic E-state index is 13.8. The van der Waals surface area contributed by atoms with Gasteiger partial charge in [0.2, 0.25) is 0 Å². The zero-order chi connectivity index (χ0) is 26.7. The number of nitrogens with one attached hydrogen (secondary N) is 1. The van der Waals surface area contributed by atoms with Crippen molar-refractivity contribution in [1.82, 2.24) is 9.78 Å². The predicted octanol–water partition coefficient (Wildman–Crippen LogP) is 7.01. The van der Waals surface area contributed by atoms with Crippen molar-refractivity contribution in [2.24, 2.45) is 0 Å². The number of rotatable bonds is 8. The van der Waals surface area contributed by atoms with Crippen LogP contribution in [0.1, 0.15) is 22.3 Å². The van der Waals surface area contributed by atoms with E-state index < -0.39 is 17.7 Å². The van der Waals surface area contributed by atoms with E-state index in [1.165, 1.54) is 6.07 Å². The third-order valence-electron chi connectivity index (χ3n) is 6.26. The van der Waals surface area contributed by atoms with E-state index in [0.29, 0.717) is 24.2 Å². The molecule has 0 aliphatic heterocycles. The first-order valence-electron chi connectivity index (χ1n) is 12.0. The molecule has 4 aromatic carbocycles. The van der Waals surface area contributed by atoms with Gasteiger partial charge in [0.15, 0.2) is 0 Å². The highest BCUT2D eigenvalue weighted by atomic mass is 19.4. The maximum atomic E-state index is 13.8. The molecule has 0 bridgehead atoms. The van der Waals surface area contributed by atoms with Crippen molar-refractivity contribution in [3.8, 4) is 11.3 Å². The Kier molecular flexibility index (Phi) is 6.87. The topological polar surface area (TPSA) is 67.2 Å². The molecule has 0 aliphatic carbocycles. The van der Waals surface area contributed by atoms with E-state index in [1.807, 2.05) is 66.7 Å². The molecule has 5 aromatic rings. The SMILES string of the molecule is O=C(O)Cc1ccc(CNc2cccc(-c3c4cccc(C(F)(F)F)c4nn3Cc3ccccc3)c2)cc1. The van der Waals surface area contributed by atoms with Crippen molar-refractivity contribution >= 4 is 22.6 Å². The molecular weight excluding hydrogens is 491 g/mol. The molecule has 0 fully saturated rings. The Morgan fingerprint density at radius 1 is 0.842 bits per heavy atom. The average Bonchev–Trinajstić information content (AvgIpc) is 3.26. The second kappa shape index (κ2) is 10.4. The van der Waals surface area contributed by atoms with Crippen molar-refractivity contribution in [2.45, 2.75) is 25.7 Å². The van der Waals surface area contributed by atoms with Crippen LogP contribution in [-0.2, 0) is 30.5 Å². The Bertz CT molecular complexity index is 1580. The summed E-state index contributed by atoms with van der Waals surface area (Å²) < 4.78 is 43.1. The van der Waals surface area contributed by atoms with Crippen LogP contribution >= 0.6 is 0 Å². The van der Waals surface area contributed by atoms with Gasteiger partial charge in [0, 0.05) is 23.2 Å². The molecule has 8 heteroatoms. The number of halogens is 3. The molecule has 0 amide bonds. The predicted molar refractivity (Wildman–Crippen MR) is 141 cm³/mol. The van der Waals surface area contributed by atoms with Gasteiger partial charge in [0.05, 0.1) is 24.2 Å². The van der Waals surface area contributed by atoms with Gasteiger partial charge in [0.1, 0.15) is 5.52 Å². The minimum atomic E-state index is -4.52. The van der Waals surface area contributed by atoms with Gasteiger partial charge >= 0.3 is 12.1 Å². The van der Waals surface area contributed by atoms with E-state index in [9.17, 15) is 18.0 Å². The number of benzene rings is 4. The Labute approximate surface area is 217 Å². The molecule has 2 N–H and O–H groups in total. The summed E-state index contributed by atoms with van der Waals surface area (Å²) in [5.74, 6) is -0.880. The second-order valence-electron chi connectivity index (χ2n) is 9.01. The summed E-state index contributed by atoms with van der Waals surface area (Å²) in [6.07, 6.45) is -4.55. The lowest BCUT2D eigenvalue weighted by Crippen LogP contribution is -2.06. The summed E-state index contributed by atoms with van der Waals surface area (Å²) in [4.78, 5) is 10.9. The maximum Gasteiger partial charge on any atom is 0.418 e. The summed E-state index contributed by atoms with van der Waals surface area (Å²) in [7, 11) is 0. The molecule has 5 rings (SSSR count). The largest absolute Gasteiger partial charge is 0.481 e. The van der Waals surface area contributed by atoms with Crippen LogP contribution in [0, 0.1) is 0 Å². The number of hydrogen-bond acceptors (Lipinski definition) is 3. The Morgan fingerprint density at radius 3 is 2.26 bits per heavy atom. The van der Waals surface area contributed by atoms with Crippen LogP contribution in [0.3, 0.4) is 0 Å². The second-order valence-corrected chi connectivity index (χ2v) is 9.01. The van der Waals surface area contributed by atoms with Crippen molar-refractivity contribution in [3.63, 3.8) is 0 Å². The molecule has 0 unspecified atom stereocenters. The number of hydrogen-bond donors (Lipinski definition) is 2. The van der Waals surface area contributed by atoms with Gasteiger partial charge in [-0.15, -0.1) is 0 Å². The van der Waals surface area contributed by atoms with Crippen LogP contribution in [0.5, 0.6) is 0 Å². The zero-order valence-corrected chi connectivity index (χ0v) is 20.2. The third-order valence-corrected chi connectivity index (χ3v) is 6.26. The molecule has 0 radical (unpaired) electrons. The fraction of sp³-hybridized carbons (Fsp3) is 0.133. The van der Waals surface area contributed by atoms with Gasteiger partial charge in [0.25, 0.3) is 0 Å². The Balaban J connectivity index is 1.49. The number of alkyl halides is 3. The zero-order valence-electron chi connectivity index (χ0n) is 20.2. The first kappa shape index (κ1) is 25.1. The number of carboxylic acid groups (broad SMARTS) is 1. The molecule has 0 saturated heterocycles. The van der Waals surface area contributed by atoms with E-state index in [-0.39, 0.29) is 11.9 Å². The number of aliphatic carboxylic acids is 1. The smallest absolute Gasteiger partial charge is 0.418 e. The summed E-state index contributed by atoms with van der Waals surface area (Å²) in [5, 5.41) is 17.2. The van der Waals surface area contributed by atoms with Gasteiger partial charge in [-0.05, 0) is 34.9 Å². The monoisotopic (exact) mass is 515 g/mol. The Morgan fingerprint density at radius 2 is 1.55 bits per heavy atom. The average molecular weight is 516 g/mol. The van der Waals surface area contributed by atoms with Gasteiger partial charge in [-0.3, -0.25) is 9.48 Å². The highest BCUT2D eigenvalue weighted by Gasteiger charge is 2.34. The molecule has 38 heavy (non-hydrogen) atoms. The van der Waals surface area contributed by atoms with Crippen molar-refractivity contribution in [2.75, 3.05) is 5.32 Å². The van der Waals surface area contributed by atoms with Crippen LogP contribution in [0.15, 0.2) is 97.1 Å². The van der Waals surface area contributed by atoms with E-state index >= 15 is 0 Å². The van der Waals surface area contributed by atoms with Crippen LogP contribution in [-0.4, -0.2) is 20.9 Å². The quantitative estimate of drug-likeness (QED) is 0.233. The number of fused-ring (bicyclic) bond motifs is 1. The number of carbonyl (C=O) groups is 1. The minimum Gasteiger partial charge on any atom is -0.481 e. The molecule has 0 atom stereocenters. The summed E-state index contributed by atoms with van der Waals surface area (Å²) in [6, 6.07) is 28.5. The van der Waals surface area contributed by atoms with E-state index in [2.05, 4.69) is 10.4 Å². The standard InChI is InChI=1S/C30H24F3N3O2/c31-30(32,33)26-11-5-10-25-28(26)35-36(19-22-6-2-1-3-7-22)29(25)23-8-4-9-24(17-23)34-18-21-14-12-20(13-15-21)16-27(37)38/h1-15,17,34H,16,18-19H2,(H,37,38). The summed E-state index contributed by atoms with van der Waals surface area (Å²) in [5.41, 5.74) is 3.93. The lowest BCUT2D eigenvalue weighted by molar-refractivity contribution is -0.137. The summed E-state index contributed by atoms with van der Waals surface area (Å²) >= 11 is 0. The van der Waals surface area contributed by atoms with E-state index in [0.717, 1.165) is 34.0 Å². The van der Waals surface area contributed by atoms with Crippen molar-refractivity contribution in [1.29, 1.82) is 0 Å². The van der Waals surface area contributed by atoms with Gasteiger partial charge in [-0.25, -0.2) is 0 Å². The highest BCUT2D eigenvalue weighted by molar-refractivity contribution is 5.95. The number of carboxylic acids is 1. The highest BCUT2D eigenvalue weighted by Crippen LogP contribution is 2.38. The van der Waals surface area contributed by atoms with Crippen LogP contribution in [0.4, 0.5) is 18.9 Å². The molecule has 0 spiro atoms. The first-order valence-corrected chi connectivity index (χ1v) is 12.0. The number of nitrogens with zero attached hydrogens (tertiary/aromatic N) is 2. The number of aromatic nitrogens is 2. The molecule has 192 valence electrons. The first-order chi connectivity index (χ1) is 18.3. The molecule has 5 nitrogen and oxygen atoms in total. The lowest BCUT2D eigenvalue weighted by atomic mass is 10.0. The summed E-state index contributed by atoms with van der Waals surface area (Å²) in [6.45, 7) is 0.821. The number of anilines is 1. The third kappa shape index (κ3) is 5.54. The molecular formula is C30H24F3N3O2. The fourth-order valence-corrected chi connectivity index (χ4v) is 4.49. The van der Waals surface area contributed by atoms with Crippen LogP contribution in [0.25, 0.3) is 22.2 Å². The normalized spacial score (nSPS) is 11.6. The lowest BCUT2D eigenvalue weighted by Gasteiger charge is -2.12. The Hall–Kier alpha value is -4.59. The van der Waals surface area contributed by atoms with Gasteiger partial charge < -0.3 is 10.4 Å². The van der Waals surface area contributed by atoms with Gasteiger partial charge in [-0.2, -0.15) is 18.3 Å². The molecule has 1 aromatic heterocycles. The van der Waals surface area contributed by atoms with E-state index in [1.54, 1.807) is 22.9 Å². The van der Waals surface area contributed by atoms with Crippen molar-refractivity contribution < 1.29 is 23.1 Å². The van der Waals surface area contributed by atoms with Gasteiger partial charge in [-0.1, -0.05) is 78.9 Å². The van der Waals surface area contributed by atoms with Crippen LogP contribution in [0.2, 0.25) is 0 Å². The van der Waals surface area contributed by atoms with Crippen molar-refractivity contribution in [3.05, 3.63) is 119 Å². The molecule has 1 heterocycles. The molecule has 0 aliphatic rings. The fourth-order valence-electron chi connectivity index (χ4n) is 4.49. The molecule has 0 saturated carbocycles. The van der Waals surface area contributed by atoms with E-state index in [4.69, 9.17) is 5.11 Å².